The number of hydrogen-bond acceptors (Lipinski definition) is 3. The minimum absolute atomic E-state index is 0.949. The molecule has 0 spiro atoms. The first-order chi connectivity index (χ1) is 3.89. The van der Waals surface area contributed by atoms with Crippen molar-refractivity contribution < 1.29 is 0 Å². The first-order valence-electron chi connectivity index (χ1n) is 2.99. The molecule has 1 fully saturated rings. The van der Waals surface area contributed by atoms with Gasteiger partial charge in [0.1, 0.15) is 0 Å². The van der Waals surface area contributed by atoms with Crippen LogP contribution in [0.4, 0.5) is 0 Å². The van der Waals surface area contributed by atoms with E-state index in [4.69, 9.17) is 0 Å². The quantitative estimate of drug-likeness (QED) is 0.425. The van der Waals surface area contributed by atoms with Crippen molar-refractivity contribution in [3.05, 3.63) is 0 Å². The third kappa shape index (κ3) is 1.78. The predicted molar refractivity (Wildman–Crippen MR) is 33.5 cm³/mol. The molecule has 0 aromatic carbocycles. The summed E-state index contributed by atoms with van der Waals surface area (Å²) in [5.74, 6) is 0. The molecule has 0 radical (unpaired) electrons. The second-order valence-electron chi connectivity index (χ2n) is 2.16. The Kier molecular flexibility index (Phi) is 2.27. The van der Waals surface area contributed by atoms with Gasteiger partial charge in [-0.2, -0.15) is 0 Å². The summed E-state index contributed by atoms with van der Waals surface area (Å²) in [6.45, 7) is 4.20. The first-order valence-corrected chi connectivity index (χ1v) is 2.99. The van der Waals surface area contributed by atoms with Crippen molar-refractivity contribution in [1.29, 1.82) is 0 Å². The van der Waals surface area contributed by atoms with Gasteiger partial charge in [-0.05, 0) is 7.05 Å². The van der Waals surface area contributed by atoms with Crippen LogP contribution in [0.2, 0.25) is 0 Å². The summed E-state index contributed by atoms with van der Waals surface area (Å²) in [5.41, 5.74) is 0. The Hall–Kier alpha value is -0.120. The molecular formula is C5H13N3. The molecule has 1 aliphatic heterocycles. The lowest BCUT2D eigenvalue weighted by molar-refractivity contribution is 0.339. The van der Waals surface area contributed by atoms with Gasteiger partial charge in [0.15, 0.2) is 0 Å². The molecule has 1 aliphatic rings. The number of nitrogens with one attached hydrogen (secondary N) is 2. The Labute approximate surface area is 50.1 Å². The van der Waals surface area contributed by atoms with Gasteiger partial charge in [0.05, 0.1) is 0 Å². The molecule has 48 valence electrons. The van der Waals surface area contributed by atoms with Crippen LogP contribution in [0.5, 0.6) is 0 Å². The molecule has 1 rings (SSSR count). The van der Waals surface area contributed by atoms with Crippen molar-refractivity contribution in [2.24, 2.45) is 0 Å². The normalized spacial score (nSPS) is 25.1. The van der Waals surface area contributed by atoms with Gasteiger partial charge >= 0.3 is 0 Å². The Morgan fingerprint density at radius 3 is 3.12 bits per heavy atom. The second-order valence-corrected chi connectivity index (χ2v) is 2.16. The number of rotatable bonds is 0. The molecule has 1 heterocycles. The van der Waals surface area contributed by atoms with Gasteiger partial charge in [-0.25, -0.2) is 0 Å². The second kappa shape index (κ2) is 3.02. The van der Waals surface area contributed by atoms with Crippen molar-refractivity contribution in [1.82, 2.24) is 15.5 Å². The van der Waals surface area contributed by atoms with Crippen molar-refractivity contribution in [2.45, 2.75) is 0 Å². The molecule has 2 N–H and O–H groups in total. The summed E-state index contributed by atoms with van der Waals surface area (Å²) in [6, 6.07) is 0. The van der Waals surface area contributed by atoms with Crippen LogP contribution in [-0.4, -0.2) is 38.4 Å². The summed E-state index contributed by atoms with van der Waals surface area (Å²) in [7, 11) is 2.11. The van der Waals surface area contributed by atoms with E-state index in [1.165, 1.54) is 0 Å². The van der Waals surface area contributed by atoms with E-state index < -0.39 is 0 Å². The van der Waals surface area contributed by atoms with Crippen LogP contribution in [0.3, 0.4) is 0 Å². The number of likely N-dealkylation sites (N-methyl/N-ethyl adjacent to an activating group) is 1. The highest BCUT2D eigenvalue weighted by Gasteiger charge is 1.99. The van der Waals surface area contributed by atoms with Gasteiger partial charge in [-0.15, -0.1) is 0 Å². The molecule has 3 nitrogen and oxygen atoms in total. The molecule has 0 bridgehead atoms. The standard InChI is InChI=1S/C5H13N3/c1-8-3-2-6-4-7-5-8/h6-7H,2-5H2,1H3. The van der Waals surface area contributed by atoms with E-state index in [9.17, 15) is 0 Å². The minimum Gasteiger partial charge on any atom is -0.303 e. The molecular weight excluding hydrogens is 102 g/mol. The zero-order valence-electron chi connectivity index (χ0n) is 5.28. The third-order valence-corrected chi connectivity index (χ3v) is 1.30. The van der Waals surface area contributed by atoms with Crippen molar-refractivity contribution in [3.63, 3.8) is 0 Å². The van der Waals surface area contributed by atoms with Crippen molar-refractivity contribution in [3.8, 4) is 0 Å². The Bertz CT molecular complexity index is 56.7. The van der Waals surface area contributed by atoms with E-state index in [1.54, 1.807) is 0 Å². The van der Waals surface area contributed by atoms with E-state index in [0.29, 0.717) is 0 Å². The molecule has 0 atom stereocenters. The van der Waals surface area contributed by atoms with E-state index >= 15 is 0 Å². The molecule has 0 aromatic rings. The van der Waals surface area contributed by atoms with Gasteiger partial charge in [0, 0.05) is 26.4 Å². The Morgan fingerprint density at radius 1 is 1.38 bits per heavy atom. The maximum Gasteiger partial charge on any atom is 0.0488 e. The minimum atomic E-state index is 0.949. The molecule has 0 aromatic heterocycles. The molecule has 0 unspecified atom stereocenters. The van der Waals surface area contributed by atoms with Gasteiger partial charge < -0.3 is 5.32 Å². The predicted octanol–water partition coefficient (Wildman–Crippen LogP) is -0.974. The van der Waals surface area contributed by atoms with E-state index in [0.717, 1.165) is 26.4 Å². The van der Waals surface area contributed by atoms with Crippen LogP contribution < -0.4 is 10.6 Å². The van der Waals surface area contributed by atoms with Crippen LogP contribution >= 0.6 is 0 Å². The molecule has 0 amide bonds. The van der Waals surface area contributed by atoms with E-state index in [-0.39, 0.29) is 0 Å². The van der Waals surface area contributed by atoms with E-state index in [2.05, 4.69) is 22.6 Å². The fourth-order valence-electron chi connectivity index (χ4n) is 0.773. The lowest BCUT2D eigenvalue weighted by atomic mass is 10.6. The highest BCUT2D eigenvalue weighted by atomic mass is 15.3. The average molecular weight is 115 g/mol. The molecule has 3 heteroatoms. The van der Waals surface area contributed by atoms with Crippen LogP contribution in [0, 0.1) is 0 Å². The molecule has 0 aliphatic carbocycles. The Morgan fingerprint density at radius 2 is 2.25 bits per heavy atom. The summed E-state index contributed by atoms with van der Waals surface area (Å²) in [4.78, 5) is 2.25. The zero-order chi connectivity index (χ0) is 5.82. The summed E-state index contributed by atoms with van der Waals surface area (Å²) < 4.78 is 0. The van der Waals surface area contributed by atoms with Gasteiger partial charge in [0.2, 0.25) is 0 Å². The number of hydrogen-bond donors (Lipinski definition) is 2. The summed E-state index contributed by atoms with van der Waals surface area (Å²) in [5, 5.41) is 6.44. The van der Waals surface area contributed by atoms with Crippen LogP contribution in [0.1, 0.15) is 0 Å². The maximum atomic E-state index is 3.22. The van der Waals surface area contributed by atoms with Crippen LogP contribution in [0.15, 0.2) is 0 Å². The fraction of sp³-hybridized carbons (Fsp3) is 1.00. The van der Waals surface area contributed by atoms with E-state index in [1.807, 2.05) is 0 Å². The third-order valence-electron chi connectivity index (χ3n) is 1.30. The fourth-order valence-corrected chi connectivity index (χ4v) is 0.773. The number of nitrogens with zero attached hydrogens (tertiary/aromatic N) is 1. The lowest BCUT2D eigenvalue weighted by Crippen LogP contribution is -2.29. The highest BCUT2D eigenvalue weighted by molar-refractivity contribution is 4.57. The molecule has 8 heavy (non-hydrogen) atoms. The topological polar surface area (TPSA) is 27.3 Å². The van der Waals surface area contributed by atoms with Gasteiger partial charge in [-0.1, -0.05) is 0 Å². The van der Waals surface area contributed by atoms with Gasteiger partial charge in [-0.3, -0.25) is 10.2 Å². The SMILES string of the molecule is CN1CCNCNC1. The Balaban J connectivity index is 2.17. The zero-order valence-corrected chi connectivity index (χ0v) is 5.28. The largest absolute Gasteiger partial charge is 0.303 e. The van der Waals surface area contributed by atoms with Crippen LogP contribution in [-0.2, 0) is 0 Å². The summed E-state index contributed by atoms with van der Waals surface area (Å²) >= 11 is 0. The van der Waals surface area contributed by atoms with Gasteiger partial charge in [0.25, 0.3) is 0 Å². The lowest BCUT2D eigenvalue weighted by Gasteiger charge is -2.10. The highest BCUT2D eigenvalue weighted by Crippen LogP contribution is 1.78. The molecule has 1 saturated heterocycles. The maximum absolute atomic E-state index is 3.22. The van der Waals surface area contributed by atoms with Crippen molar-refractivity contribution >= 4 is 0 Å². The smallest absolute Gasteiger partial charge is 0.0488 e. The monoisotopic (exact) mass is 115 g/mol. The van der Waals surface area contributed by atoms with Crippen LogP contribution in [0.25, 0.3) is 0 Å². The molecule has 0 saturated carbocycles. The first kappa shape index (κ1) is 6.01. The summed E-state index contributed by atoms with van der Waals surface area (Å²) in [6.07, 6.45) is 0. The van der Waals surface area contributed by atoms with Crippen molar-refractivity contribution in [2.75, 3.05) is 33.5 Å². The average Bonchev–Trinajstić information content (AvgIpc) is 1.94.